The number of fused-ring (bicyclic) bond motifs is 1. The summed E-state index contributed by atoms with van der Waals surface area (Å²) in [5.41, 5.74) is 1.45. The lowest BCUT2D eigenvalue weighted by Gasteiger charge is -2.29. The lowest BCUT2D eigenvalue weighted by molar-refractivity contribution is 0.184. The maximum Gasteiger partial charge on any atom is 0.410 e. The largest absolute Gasteiger partial charge is 0.465 e. The monoisotopic (exact) mass is 499 g/mol. The lowest BCUT2D eigenvalue weighted by atomic mass is 10.1. The number of carboxylic acid groups (broad SMARTS) is 1. The fourth-order valence-corrected chi connectivity index (χ4v) is 4.89. The number of benzene rings is 2. The summed E-state index contributed by atoms with van der Waals surface area (Å²) < 4.78 is 1.78. The van der Waals surface area contributed by atoms with Crippen LogP contribution >= 0.6 is 0 Å². The predicted octanol–water partition coefficient (Wildman–Crippen LogP) is 5.37. The van der Waals surface area contributed by atoms with E-state index in [0.29, 0.717) is 30.3 Å². The molecule has 37 heavy (non-hydrogen) atoms. The number of urea groups is 1. The van der Waals surface area contributed by atoms with Crippen LogP contribution in [0.2, 0.25) is 0 Å². The molecule has 2 aromatic heterocycles. The van der Waals surface area contributed by atoms with Crippen molar-refractivity contribution >= 4 is 34.4 Å². The highest BCUT2D eigenvalue weighted by Crippen LogP contribution is 2.27. The summed E-state index contributed by atoms with van der Waals surface area (Å²) in [5.74, 6) is 1.39. The third-order valence-electron chi connectivity index (χ3n) is 6.72. The highest BCUT2D eigenvalue weighted by molar-refractivity contribution is 6.01. The number of nitrogens with one attached hydrogen (secondary N) is 2. The van der Waals surface area contributed by atoms with Gasteiger partial charge in [-0.2, -0.15) is 5.10 Å². The van der Waals surface area contributed by atoms with Crippen LogP contribution in [0.5, 0.6) is 0 Å². The molecular formula is C27H29N7O3. The van der Waals surface area contributed by atoms with Crippen LogP contribution in [0.4, 0.5) is 21.1 Å². The molecule has 0 saturated heterocycles. The normalized spacial score (nSPS) is 13.5. The molecular weight excluding hydrogens is 470 g/mol. The van der Waals surface area contributed by atoms with E-state index in [2.05, 4.69) is 25.7 Å². The van der Waals surface area contributed by atoms with Crippen LogP contribution in [0.1, 0.15) is 31.5 Å². The van der Waals surface area contributed by atoms with Gasteiger partial charge in [0.25, 0.3) is 0 Å². The fraction of sp³-hybridized carbons (Fsp3) is 0.296. The zero-order chi connectivity index (χ0) is 25.8. The molecule has 0 atom stereocenters. The van der Waals surface area contributed by atoms with E-state index in [1.54, 1.807) is 16.8 Å². The van der Waals surface area contributed by atoms with Gasteiger partial charge in [0.1, 0.15) is 11.6 Å². The summed E-state index contributed by atoms with van der Waals surface area (Å²) in [4.78, 5) is 34.9. The van der Waals surface area contributed by atoms with Crippen LogP contribution in [0, 0.1) is 6.92 Å². The highest BCUT2D eigenvalue weighted by Gasteiger charge is 2.27. The van der Waals surface area contributed by atoms with Crippen molar-refractivity contribution in [1.29, 1.82) is 0 Å². The summed E-state index contributed by atoms with van der Waals surface area (Å²) in [6.07, 6.45) is 4.53. The third kappa shape index (κ3) is 5.53. The van der Waals surface area contributed by atoms with Gasteiger partial charge in [0, 0.05) is 29.7 Å². The van der Waals surface area contributed by atoms with Gasteiger partial charge in [0.2, 0.25) is 0 Å². The van der Waals surface area contributed by atoms with Crippen LogP contribution in [0.3, 0.4) is 0 Å². The fourth-order valence-electron chi connectivity index (χ4n) is 4.89. The topological polar surface area (TPSA) is 125 Å². The minimum absolute atomic E-state index is 0.111. The number of carbonyl (C=O) groups excluding carboxylic acids is 1. The van der Waals surface area contributed by atoms with Crippen molar-refractivity contribution in [3.05, 3.63) is 66.6 Å². The zero-order valence-corrected chi connectivity index (χ0v) is 20.6. The molecule has 0 unspecified atom stereocenters. The Morgan fingerprint density at radius 1 is 1.08 bits per heavy atom. The van der Waals surface area contributed by atoms with Crippen molar-refractivity contribution in [3.63, 3.8) is 0 Å². The summed E-state index contributed by atoms with van der Waals surface area (Å²) in [5, 5.41) is 21.1. The molecule has 4 aromatic rings. The van der Waals surface area contributed by atoms with E-state index in [9.17, 15) is 9.59 Å². The molecule has 1 aliphatic rings. The summed E-state index contributed by atoms with van der Waals surface area (Å²) >= 11 is 0. The molecule has 5 rings (SSSR count). The smallest absolute Gasteiger partial charge is 0.410 e. The molecule has 10 heteroatoms. The molecule has 2 heterocycles. The lowest BCUT2D eigenvalue weighted by Crippen LogP contribution is -2.43. The Kier molecular flexibility index (Phi) is 6.98. The molecule has 0 spiro atoms. The van der Waals surface area contributed by atoms with Gasteiger partial charge in [-0.05, 0) is 43.4 Å². The standard InChI is InChI=1S/C27H29N7O3/c1-18-29-25(20-13-14-28-24(17-20)31-27(36)37)32-34(18)16-15-33(21-9-3-4-10-21)26(35)30-23-12-6-8-19-7-2-5-11-22(19)23/h2,5-8,11-14,17,21H,3-4,9-10,15-16H2,1H3,(H,28,31)(H,30,35)(H,36,37). The Morgan fingerprint density at radius 2 is 1.86 bits per heavy atom. The maximum absolute atomic E-state index is 13.5. The molecule has 2 aromatic carbocycles. The first-order valence-electron chi connectivity index (χ1n) is 12.4. The van der Waals surface area contributed by atoms with E-state index in [0.717, 1.165) is 42.1 Å². The van der Waals surface area contributed by atoms with Gasteiger partial charge >= 0.3 is 12.1 Å². The number of aryl methyl sites for hydroxylation is 1. The SMILES string of the molecule is Cc1nc(-c2ccnc(NC(=O)O)c2)nn1CCN(C(=O)Nc1cccc2ccccc12)C1CCCC1. The summed E-state index contributed by atoms with van der Waals surface area (Å²) in [6, 6.07) is 17.3. The molecule has 1 saturated carbocycles. The zero-order valence-electron chi connectivity index (χ0n) is 20.6. The van der Waals surface area contributed by atoms with Crippen molar-refractivity contribution in [2.75, 3.05) is 17.2 Å². The number of rotatable bonds is 7. The van der Waals surface area contributed by atoms with Crippen LogP contribution < -0.4 is 10.6 Å². The number of carbonyl (C=O) groups is 2. The van der Waals surface area contributed by atoms with Gasteiger partial charge in [0.05, 0.1) is 12.2 Å². The van der Waals surface area contributed by atoms with E-state index in [-0.39, 0.29) is 17.9 Å². The third-order valence-corrected chi connectivity index (χ3v) is 6.72. The van der Waals surface area contributed by atoms with Crippen LogP contribution in [-0.4, -0.2) is 54.5 Å². The Balaban J connectivity index is 1.33. The van der Waals surface area contributed by atoms with Gasteiger partial charge in [-0.15, -0.1) is 0 Å². The van der Waals surface area contributed by atoms with E-state index < -0.39 is 6.09 Å². The first-order chi connectivity index (χ1) is 18.0. The van der Waals surface area contributed by atoms with Crippen molar-refractivity contribution in [1.82, 2.24) is 24.6 Å². The highest BCUT2D eigenvalue weighted by atomic mass is 16.4. The first-order valence-corrected chi connectivity index (χ1v) is 12.4. The Hall–Kier alpha value is -4.47. The van der Waals surface area contributed by atoms with Crippen LogP contribution in [0.15, 0.2) is 60.8 Å². The molecule has 1 fully saturated rings. The van der Waals surface area contributed by atoms with E-state index in [4.69, 9.17) is 5.11 Å². The van der Waals surface area contributed by atoms with E-state index in [1.807, 2.05) is 54.3 Å². The number of aromatic nitrogens is 4. The maximum atomic E-state index is 13.5. The van der Waals surface area contributed by atoms with Gasteiger partial charge in [0.15, 0.2) is 5.82 Å². The molecule has 0 bridgehead atoms. The number of anilines is 2. The second-order valence-corrected chi connectivity index (χ2v) is 9.15. The molecule has 1 aliphatic carbocycles. The van der Waals surface area contributed by atoms with Gasteiger partial charge in [-0.3, -0.25) is 5.32 Å². The minimum Gasteiger partial charge on any atom is -0.465 e. The first kappa shape index (κ1) is 24.2. The van der Waals surface area contributed by atoms with Crippen molar-refractivity contribution < 1.29 is 14.7 Å². The predicted molar refractivity (Wildman–Crippen MR) is 142 cm³/mol. The quantitative estimate of drug-likeness (QED) is 0.314. The second kappa shape index (κ2) is 10.7. The number of pyridine rings is 1. The van der Waals surface area contributed by atoms with Crippen molar-refractivity contribution in [2.24, 2.45) is 0 Å². The second-order valence-electron chi connectivity index (χ2n) is 9.15. The Bertz CT molecular complexity index is 1420. The van der Waals surface area contributed by atoms with Crippen molar-refractivity contribution in [3.8, 4) is 11.4 Å². The van der Waals surface area contributed by atoms with Crippen molar-refractivity contribution in [2.45, 2.75) is 45.2 Å². The van der Waals surface area contributed by atoms with E-state index >= 15 is 0 Å². The molecule has 0 aliphatic heterocycles. The van der Waals surface area contributed by atoms with E-state index in [1.165, 1.54) is 6.20 Å². The van der Waals surface area contributed by atoms with Gasteiger partial charge in [-0.1, -0.05) is 49.2 Å². The average Bonchev–Trinajstić information content (AvgIpc) is 3.55. The Morgan fingerprint density at radius 3 is 2.68 bits per heavy atom. The summed E-state index contributed by atoms with van der Waals surface area (Å²) in [7, 11) is 0. The van der Waals surface area contributed by atoms with Gasteiger partial charge < -0.3 is 15.3 Å². The number of amides is 3. The molecule has 3 N–H and O–H groups in total. The minimum atomic E-state index is -1.19. The van der Waals surface area contributed by atoms with Gasteiger partial charge in [-0.25, -0.2) is 24.2 Å². The number of hydrogen-bond acceptors (Lipinski definition) is 5. The molecule has 3 amide bonds. The summed E-state index contributed by atoms with van der Waals surface area (Å²) in [6.45, 7) is 2.85. The number of hydrogen-bond donors (Lipinski definition) is 3. The molecule has 0 radical (unpaired) electrons. The average molecular weight is 500 g/mol. The van der Waals surface area contributed by atoms with Crippen LogP contribution in [-0.2, 0) is 6.54 Å². The van der Waals surface area contributed by atoms with Crippen LogP contribution in [0.25, 0.3) is 22.2 Å². The Labute approximate surface area is 214 Å². The molecule has 10 nitrogen and oxygen atoms in total. The molecule has 190 valence electrons. The number of nitrogens with zero attached hydrogens (tertiary/aromatic N) is 5.